The van der Waals surface area contributed by atoms with Gasteiger partial charge in [0.25, 0.3) is 5.69 Å². The summed E-state index contributed by atoms with van der Waals surface area (Å²) in [7, 11) is 1.40. The van der Waals surface area contributed by atoms with Crippen molar-refractivity contribution < 1.29 is 19.6 Å². The van der Waals surface area contributed by atoms with Crippen molar-refractivity contribution in [2.24, 2.45) is 0 Å². The number of benzene rings is 1. The number of aliphatic carboxylic acids is 1. The van der Waals surface area contributed by atoms with E-state index in [1.165, 1.54) is 19.2 Å². The van der Waals surface area contributed by atoms with Crippen molar-refractivity contribution in [1.29, 1.82) is 0 Å². The highest BCUT2D eigenvalue weighted by atomic mass is 16.6. The average Bonchev–Trinajstić information content (AvgIpc) is 2.34. The van der Waals surface area contributed by atoms with Gasteiger partial charge in [-0.3, -0.25) is 14.9 Å². The summed E-state index contributed by atoms with van der Waals surface area (Å²) in [6, 6.07) is 4.10. The summed E-state index contributed by atoms with van der Waals surface area (Å²) in [5.41, 5.74) is 0.314. The molecule has 0 saturated heterocycles. The molecule has 0 aromatic heterocycles. The zero-order valence-electron chi connectivity index (χ0n) is 11.0. The maximum Gasteiger partial charge on any atom is 0.323 e. The third kappa shape index (κ3) is 3.84. The van der Waals surface area contributed by atoms with Gasteiger partial charge in [0.05, 0.1) is 18.1 Å². The van der Waals surface area contributed by atoms with Crippen LogP contribution in [0, 0.1) is 10.1 Å². The summed E-state index contributed by atoms with van der Waals surface area (Å²) in [4.78, 5) is 22.7. The lowest BCUT2D eigenvalue weighted by molar-refractivity contribution is -0.384. The molecular weight excluding hydrogens is 252 g/mol. The zero-order valence-corrected chi connectivity index (χ0v) is 11.0. The van der Waals surface area contributed by atoms with Gasteiger partial charge in [-0.1, -0.05) is 0 Å². The van der Waals surface area contributed by atoms with Gasteiger partial charge >= 0.3 is 5.97 Å². The third-order valence-corrected chi connectivity index (χ3v) is 2.58. The maximum atomic E-state index is 10.9. The lowest BCUT2D eigenvalue weighted by Crippen LogP contribution is -2.35. The van der Waals surface area contributed by atoms with Crippen molar-refractivity contribution in [3.8, 4) is 5.75 Å². The van der Waals surface area contributed by atoms with E-state index >= 15 is 0 Å². The monoisotopic (exact) mass is 268 g/mol. The number of hydrogen-bond donors (Lipinski definition) is 1. The van der Waals surface area contributed by atoms with E-state index in [2.05, 4.69) is 0 Å². The quantitative estimate of drug-likeness (QED) is 0.625. The number of methoxy groups -OCH3 is 1. The van der Waals surface area contributed by atoms with E-state index in [0.29, 0.717) is 11.4 Å². The lowest BCUT2D eigenvalue weighted by atomic mass is 10.2. The summed E-state index contributed by atoms with van der Waals surface area (Å²) in [5, 5.41) is 19.7. The Morgan fingerprint density at radius 2 is 2.11 bits per heavy atom. The Kier molecular flexibility index (Phi) is 4.68. The van der Waals surface area contributed by atoms with Crippen molar-refractivity contribution in [2.45, 2.75) is 19.9 Å². The number of carboxylic acids is 1. The van der Waals surface area contributed by atoms with E-state index in [4.69, 9.17) is 9.84 Å². The predicted octanol–water partition coefficient (Wildman–Crippen LogP) is 1.90. The van der Waals surface area contributed by atoms with Crippen LogP contribution in [0.1, 0.15) is 13.8 Å². The molecule has 104 valence electrons. The van der Waals surface area contributed by atoms with Gasteiger partial charge in [0.1, 0.15) is 12.3 Å². The second-order valence-corrected chi connectivity index (χ2v) is 4.26. The van der Waals surface area contributed by atoms with Crippen LogP contribution in [0.3, 0.4) is 0 Å². The lowest BCUT2D eigenvalue weighted by Gasteiger charge is -2.27. The molecule has 0 aliphatic heterocycles. The highest BCUT2D eigenvalue weighted by molar-refractivity contribution is 5.74. The molecule has 19 heavy (non-hydrogen) atoms. The summed E-state index contributed by atoms with van der Waals surface area (Å²) in [6.45, 7) is 3.39. The van der Waals surface area contributed by atoms with E-state index in [1.54, 1.807) is 11.0 Å². The molecule has 7 heteroatoms. The predicted molar refractivity (Wildman–Crippen MR) is 69.8 cm³/mol. The molecule has 0 atom stereocenters. The number of non-ortho nitro benzene ring substituents is 1. The first-order valence-corrected chi connectivity index (χ1v) is 5.67. The summed E-state index contributed by atoms with van der Waals surface area (Å²) in [5.74, 6) is -0.681. The summed E-state index contributed by atoms with van der Waals surface area (Å²) in [6.07, 6.45) is 0. The second kappa shape index (κ2) is 6.03. The standard InChI is InChI=1S/C12H16N2O5/c1-8(2)13(7-12(15)16)9-4-10(14(17)18)6-11(5-9)19-3/h4-6,8H,7H2,1-3H3,(H,15,16). The van der Waals surface area contributed by atoms with Crippen LogP contribution in [0.2, 0.25) is 0 Å². The summed E-state index contributed by atoms with van der Waals surface area (Å²) < 4.78 is 5.00. The molecule has 1 aromatic carbocycles. The molecule has 0 fully saturated rings. The van der Waals surface area contributed by atoms with Crippen molar-refractivity contribution in [2.75, 3.05) is 18.6 Å². The first-order valence-electron chi connectivity index (χ1n) is 5.67. The summed E-state index contributed by atoms with van der Waals surface area (Å²) >= 11 is 0. The van der Waals surface area contributed by atoms with Crippen LogP contribution in [-0.4, -0.2) is 35.7 Å². The molecule has 1 rings (SSSR count). The molecule has 0 bridgehead atoms. The van der Waals surface area contributed by atoms with Crippen molar-refractivity contribution in [3.05, 3.63) is 28.3 Å². The minimum absolute atomic E-state index is 0.109. The fourth-order valence-corrected chi connectivity index (χ4v) is 1.67. The van der Waals surface area contributed by atoms with Gasteiger partial charge in [-0.05, 0) is 13.8 Å². The number of nitro benzene ring substituents is 1. The van der Waals surface area contributed by atoms with E-state index in [9.17, 15) is 14.9 Å². The number of carbonyl (C=O) groups is 1. The number of nitrogens with zero attached hydrogens (tertiary/aromatic N) is 2. The van der Waals surface area contributed by atoms with E-state index in [1.807, 2.05) is 13.8 Å². The van der Waals surface area contributed by atoms with Gasteiger partial charge in [-0.15, -0.1) is 0 Å². The molecule has 1 N–H and O–H groups in total. The van der Waals surface area contributed by atoms with Gasteiger partial charge < -0.3 is 14.7 Å². The number of nitro groups is 1. The molecule has 0 saturated carbocycles. The highest BCUT2D eigenvalue weighted by Gasteiger charge is 2.18. The SMILES string of the molecule is COc1cc(N(CC(=O)O)C(C)C)cc([N+](=O)[O-])c1. The van der Waals surface area contributed by atoms with Gasteiger partial charge in [0.15, 0.2) is 0 Å². The Hall–Kier alpha value is -2.31. The third-order valence-electron chi connectivity index (χ3n) is 2.58. The van der Waals surface area contributed by atoms with E-state index in [0.717, 1.165) is 0 Å². The number of rotatable bonds is 6. The molecule has 1 aromatic rings. The maximum absolute atomic E-state index is 10.9. The molecule has 0 aliphatic rings. The fraction of sp³-hybridized carbons (Fsp3) is 0.417. The number of carboxylic acid groups (broad SMARTS) is 1. The molecule has 0 radical (unpaired) electrons. The van der Waals surface area contributed by atoms with Crippen LogP contribution in [0.4, 0.5) is 11.4 Å². The minimum atomic E-state index is -1.00. The number of ether oxygens (including phenoxy) is 1. The Morgan fingerprint density at radius 1 is 1.47 bits per heavy atom. The van der Waals surface area contributed by atoms with Crippen LogP contribution in [0.25, 0.3) is 0 Å². The highest BCUT2D eigenvalue weighted by Crippen LogP contribution is 2.29. The Balaban J connectivity index is 3.24. The molecular formula is C12H16N2O5. The van der Waals surface area contributed by atoms with Crippen molar-refractivity contribution >= 4 is 17.3 Å². The van der Waals surface area contributed by atoms with E-state index in [-0.39, 0.29) is 18.3 Å². The molecule has 0 amide bonds. The smallest absolute Gasteiger partial charge is 0.323 e. The van der Waals surface area contributed by atoms with Gasteiger partial charge in [-0.2, -0.15) is 0 Å². The van der Waals surface area contributed by atoms with Gasteiger partial charge in [0.2, 0.25) is 0 Å². The molecule has 0 heterocycles. The molecule has 0 aliphatic carbocycles. The minimum Gasteiger partial charge on any atom is -0.496 e. The van der Waals surface area contributed by atoms with Crippen LogP contribution < -0.4 is 9.64 Å². The number of hydrogen-bond acceptors (Lipinski definition) is 5. The fourth-order valence-electron chi connectivity index (χ4n) is 1.67. The van der Waals surface area contributed by atoms with Crippen LogP contribution in [0.5, 0.6) is 5.75 Å². The number of anilines is 1. The molecule has 0 unspecified atom stereocenters. The van der Waals surface area contributed by atoms with Crippen molar-refractivity contribution in [1.82, 2.24) is 0 Å². The van der Waals surface area contributed by atoms with Crippen molar-refractivity contribution in [3.63, 3.8) is 0 Å². The van der Waals surface area contributed by atoms with Gasteiger partial charge in [-0.25, -0.2) is 0 Å². The largest absolute Gasteiger partial charge is 0.496 e. The van der Waals surface area contributed by atoms with E-state index < -0.39 is 10.9 Å². The first-order chi connectivity index (χ1) is 8.85. The van der Waals surface area contributed by atoms with Crippen LogP contribution in [0.15, 0.2) is 18.2 Å². The molecule has 7 nitrogen and oxygen atoms in total. The van der Waals surface area contributed by atoms with Crippen LogP contribution in [-0.2, 0) is 4.79 Å². The molecule has 0 spiro atoms. The topological polar surface area (TPSA) is 92.9 Å². The Morgan fingerprint density at radius 3 is 2.53 bits per heavy atom. The second-order valence-electron chi connectivity index (χ2n) is 4.26. The normalized spacial score (nSPS) is 10.3. The Labute approximate surface area is 110 Å². The van der Waals surface area contributed by atoms with Crippen LogP contribution >= 0.6 is 0 Å². The zero-order chi connectivity index (χ0) is 14.6. The van der Waals surface area contributed by atoms with Gasteiger partial charge in [0, 0.05) is 23.9 Å². The Bertz CT molecular complexity index is 487. The average molecular weight is 268 g/mol. The first kappa shape index (κ1) is 14.7.